The molecule has 2 rings (SSSR count). The molecule has 0 radical (unpaired) electrons. The first-order valence-corrected chi connectivity index (χ1v) is 6.24. The quantitative estimate of drug-likeness (QED) is 0.595. The van der Waals surface area contributed by atoms with Crippen molar-refractivity contribution < 1.29 is 9.90 Å². The van der Waals surface area contributed by atoms with Crippen LogP contribution in [0.1, 0.15) is 11.1 Å². The summed E-state index contributed by atoms with van der Waals surface area (Å²) in [6, 6.07) is 7.57. The number of nitrogens with zero attached hydrogens (tertiary/aromatic N) is 2. The molecule has 0 unspecified atom stereocenters. The molecule has 0 spiro atoms. The van der Waals surface area contributed by atoms with E-state index in [4.69, 9.17) is 16.7 Å². The van der Waals surface area contributed by atoms with Gasteiger partial charge in [0.05, 0.1) is 5.69 Å². The number of nitrogens with one attached hydrogen (secondary N) is 2. The van der Waals surface area contributed by atoms with Crippen LogP contribution in [0.2, 0.25) is 5.28 Å². The van der Waals surface area contributed by atoms with Gasteiger partial charge in [-0.15, -0.1) is 0 Å². The van der Waals surface area contributed by atoms with Gasteiger partial charge < -0.3 is 5.11 Å². The second kappa shape index (κ2) is 6.31. The molecule has 0 atom stereocenters. The summed E-state index contributed by atoms with van der Waals surface area (Å²) < 4.78 is 0. The van der Waals surface area contributed by atoms with E-state index in [1.54, 1.807) is 12.3 Å². The van der Waals surface area contributed by atoms with Gasteiger partial charge in [0.25, 0.3) is 0 Å². The van der Waals surface area contributed by atoms with E-state index in [9.17, 15) is 4.79 Å². The molecule has 104 valence electrons. The van der Waals surface area contributed by atoms with E-state index in [-0.39, 0.29) is 5.28 Å². The van der Waals surface area contributed by atoms with E-state index in [2.05, 4.69) is 20.8 Å². The Morgan fingerprint density at radius 2 is 2.20 bits per heavy atom. The molecule has 2 aromatic rings. The van der Waals surface area contributed by atoms with Crippen LogP contribution >= 0.6 is 11.6 Å². The molecular weight excluding hydrogens is 280 g/mol. The van der Waals surface area contributed by atoms with E-state index in [1.165, 1.54) is 0 Å². The Morgan fingerprint density at radius 3 is 2.85 bits per heavy atom. The lowest BCUT2D eigenvalue weighted by Gasteiger charge is -2.09. The number of carbonyl (C=O) groups is 1. The zero-order valence-corrected chi connectivity index (χ0v) is 11.5. The number of rotatable bonds is 4. The average Bonchev–Trinajstić information content (AvgIpc) is 2.40. The third-order valence-corrected chi connectivity index (χ3v) is 2.92. The number of benzene rings is 1. The van der Waals surface area contributed by atoms with Crippen molar-refractivity contribution in [3.63, 3.8) is 0 Å². The number of amides is 1. The maximum Gasteiger partial charge on any atom is 0.419 e. The van der Waals surface area contributed by atoms with Crippen LogP contribution in [0.15, 0.2) is 30.5 Å². The second-order valence-corrected chi connectivity index (χ2v) is 4.47. The number of carboxylic acid groups (broad SMARTS) is 1. The highest BCUT2D eigenvalue weighted by Crippen LogP contribution is 2.21. The summed E-state index contributed by atoms with van der Waals surface area (Å²) in [7, 11) is 0. The summed E-state index contributed by atoms with van der Waals surface area (Å²) in [5.41, 5.74) is 8.41. The van der Waals surface area contributed by atoms with Crippen LogP contribution in [0.5, 0.6) is 0 Å². The van der Waals surface area contributed by atoms with Crippen molar-refractivity contribution in [2.45, 2.75) is 13.5 Å². The van der Waals surface area contributed by atoms with Crippen LogP contribution in [0.3, 0.4) is 0 Å². The fourth-order valence-electron chi connectivity index (χ4n) is 1.76. The van der Waals surface area contributed by atoms with Gasteiger partial charge in [-0.25, -0.2) is 20.2 Å². The minimum absolute atomic E-state index is 0.205. The zero-order valence-electron chi connectivity index (χ0n) is 10.7. The largest absolute Gasteiger partial charge is 0.464 e. The van der Waals surface area contributed by atoms with Gasteiger partial charge >= 0.3 is 6.09 Å². The molecule has 0 saturated heterocycles. The lowest BCUT2D eigenvalue weighted by Crippen LogP contribution is -2.35. The van der Waals surface area contributed by atoms with Crippen molar-refractivity contribution in [3.8, 4) is 11.3 Å². The summed E-state index contributed by atoms with van der Waals surface area (Å²) in [6.45, 7) is 2.35. The van der Waals surface area contributed by atoms with Gasteiger partial charge in [0.2, 0.25) is 5.28 Å². The van der Waals surface area contributed by atoms with Gasteiger partial charge in [0.1, 0.15) is 0 Å². The van der Waals surface area contributed by atoms with Crippen molar-refractivity contribution in [3.05, 3.63) is 46.9 Å². The average molecular weight is 293 g/mol. The van der Waals surface area contributed by atoms with Crippen LogP contribution in [0.4, 0.5) is 4.79 Å². The van der Waals surface area contributed by atoms with Gasteiger partial charge in [-0.1, -0.05) is 12.1 Å². The van der Waals surface area contributed by atoms with E-state index in [0.29, 0.717) is 6.54 Å². The first-order chi connectivity index (χ1) is 9.56. The number of hydrogen-bond acceptors (Lipinski definition) is 4. The predicted molar refractivity (Wildman–Crippen MR) is 75.2 cm³/mol. The maximum absolute atomic E-state index is 10.3. The Kier molecular flexibility index (Phi) is 4.49. The molecule has 0 aliphatic rings. The van der Waals surface area contributed by atoms with E-state index in [0.717, 1.165) is 22.4 Å². The maximum atomic E-state index is 10.3. The first-order valence-electron chi connectivity index (χ1n) is 5.86. The van der Waals surface area contributed by atoms with Gasteiger partial charge in [-0.3, -0.25) is 5.43 Å². The lowest BCUT2D eigenvalue weighted by molar-refractivity contribution is 0.189. The lowest BCUT2D eigenvalue weighted by atomic mass is 10.0. The minimum atomic E-state index is -1.12. The van der Waals surface area contributed by atoms with Gasteiger partial charge in [-0.2, -0.15) is 0 Å². The topological polar surface area (TPSA) is 87.1 Å². The van der Waals surface area contributed by atoms with Gasteiger partial charge in [0, 0.05) is 18.3 Å². The van der Waals surface area contributed by atoms with Gasteiger partial charge in [-0.05, 0) is 41.8 Å². The first kappa shape index (κ1) is 14.2. The molecule has 1 amide bonds. The van der Waals surface area contributed by atoms with Crippen LogP contribution in [0.25, 0.3) is 11.3 Å². The Balaban J connectivity index is 2.15. The molecule has 20 heavy (non-hydrogen) atoms. The standard InChI is InChI=1S/C13H13ClN4O2/c1-8-6-9(11-4-5-15-12(14)17-11)2-3-10(8)7-16-18-13(19)20/h2-6,16,18H,7H2,1H3,(H,19,20). The van der Waals surface area contributed by atoms with Crippen LogP contribution < -0.4 is 10.9 Å². The Hall–Kier alpha value is -2.18. The zero-order chi connectivity index (χ0) is 14.5. The van der Waals surface area contributed by atoms with E-state index < -0.39 is 6.09 Å². The number of hydrazine groups is 1. The molecule has 6 nitrogen and oxygen atoms in total. The summed E-state index contributed by atoms with van der Waals surface area (Å²) in [4.78, 5) is 18.3. The Labute approximate surface area is 120 Å². The van der Waals surface area contributed by atoms with Crippen molar-refractivity contribution in [2.24, 2.45) is 0 Å². The monoisotopic (exact) mass is 292 g/mol. The molecule has 7 heteroatoms. The van der Waals surface area contributed by atoms with Crippen molar-refractivity contribution in [1.29, 1.82) is 0 Å². The highest BCUT2D eigenvalue weighted by molar-refractivity contribution is 6.28. The molecule has 0 aliphatic heterocycles. The highest BCUT2D eigenvalue weighted by atomic mass is 35.5. The fraction of sp³-hybridized carbons (Fsp3) is 0.154. The van der Waals surface area contributed by atoms with Crippen LogP contribution in [-0.4, -0.2) is 21.2 Å². The number of halogens is 1. The highest BCUT2D eigenvalue weighted by Gasteiger charge is 2.05. The predicted octanol–water partition coefficient (Wildman–Crippen LogP) is 2.38. The van der Waals surface area contributed by atoms with Crippen LogP contribution in [0, 0.1) is 6.92 Å². The summed E-state index contributed by atoms with van der Waals surface area (Å²) in [6.07, 6.45) is 0.488. The molecule has 3 N–H and O–H groups in total. The van der Waals surface area contributed by atoms with Crippen molar-refractivity contribution >= 4 is 17.7 Å². The minimum Gasteiger partial charge on any atom is -0.464 e. The molecule has 1 aromatic carbocycles. The number of hydrogen-bond donors (Lipinski definition) is 3. The molecule has 1 heterocycles. The smallest absolute Gasteiger partial charge is 0.419 e. The Morgan fingerprint density at radius 1 is 1.40 bits per heavy atom. The normalized spacial score (nSPS) is 10.3. The van der Waals surface area contributed by atoms with E-state index >= 15 is 0 Å². The van der Waals surface area contributed by atoms with Crippen molar-refractivity contribution in [1.82, 2.24) is 20.8 Å². The number of aryl methyl sites for hydroxylation is 1. The molecule has 1 aromatic heterocycles. The molecule has 0 aliphatic carbocycles. The summed E-state index contributed by atoms with van der Waals surface area (Å²) in [5, 5.41) is 8.68. The second-order valence-electron chi connectivity index (χ2n) is 4.14. The molecule has 0 bridgehead atoms. The third kappa shape index (κ3) is 3.66. The summed E-state index contributed by atoms with van der Waals surface area (Å²) >= 11 is 5.77. The van der Waals surface area contributed by atoms with Gasteiger partial charge in [0.15, 0.2) is 0 Å². The van der Waals surface area contributed by atoms with Crippen molar-refractivity contribution in [2.75, 3.05) is 0 Å². The van der Waals surface area contributed by atoms with Crippen LogP contribution in [-0.2, 0) is 6.54 Å². The molecular formula is C13H13ClN4O2. The fourth-order valence-corrected chi connectivity index (χ4v) is 1.91. The van der Waals surface area contributed by atoms with E-state index in [1.807, 2.05) is 25.1 Å². The Bertz CT molecular complexity index is 634. The SMILES string of the molecule is Cc1cc(-c2ccnc(Cl)n2)ccc1CNNC(=O)O. The molecule has 0 fully saturated rings. The third-order valence-electron chi connectivity index (χ3n) is 2.74. The number of aromatic nitrogens is 2. The molecule has 0 saturated carbocycles. The summed E-state index contributed by atoms with van der Waals surface area (Å²) in [5.74, 6) is 0.